The first kappa shape index (κ1) is 20.7. The van der Waals surface area contributed by atoms with Gasteiger partial charge >= 0.3 is 11.3 Å². The van der Waals surface area contributed by atoms with E-state index in [9.17, 15) is 9.59 Å². The summed E-state index contributed by atoms with van der Waals surface area (Å²) in [5.41, 5.74) is 2.03. The average molecular weight is 473 g/mol. The fraction of sp³-hybridized carbons (Fsp3) is 0.115. The predicted octanol–water partition coefficient (Wildman–Crippen LogP) is 4.97. The van der Waals surface area contributed by atoms with Crippen LogP contribution in [0.4, 0.5) is 0 Å². The molecular weight excluding hydrogens is 456 g/mol. The Labute approximate surface area is 197 Å². The summed E-state index contributed by atoms with van der Waals surface area (Å²) in [6, 6.07) is 17.4. The molecule has 3 aromatic heterocycles. The smallest absolute Gasteiger partial charge is 0.344 e. The number of pyridine rings is 1. The van der Waals surface area contributed by atoms with Gasteiger partial charge in [-0.15, -0.1) is 0 Å². The van der Waals surface area contributed by atoms with Gasteiger partial charge in [0.1, 0.15) is 23.6 Å². The molecule has 1 aliphatic rings. The summed E-state index contributed by atoms with van der Waals surface area (Å²) >= 11 is 6.12. The first-order valence-electron chi connectivity index (χ1n) is 10.6. The first-order valence-corrected chi connectivity index (χ1v) is 11.0. The Balaban J connectivity index is 1.49. The highest BCUT2D eigenvalue weighted by Crippen LogP contribution is 2.36. The van der Waals surface area contributed by atoms with Gasteiger partial charge in [0.2, 0.25) is 0 Å². The van der Waals surface area contributed by atoms with E-state index in [0.29, 0.717) is 58.1 Å². The molecule has 0 unspecified atom stereocenters. The second-order valence-electron chi connectivity index (χ2n) is 8.11. The largest absolute Gasteiger partial charge is 0.478 e. The van der Waals surface area contributed by atoms with Crippen LogP contribution in [0.2, 0.25) is 5.02 Å². The first-order chi connectivity index (χ1) is 16.5. The minimum atomic E-state index is -0.566. The van der Waals surface area contributed by atoms with Crippen molar-refractivity contribution >= 4 is 33.5 Å². The number of halogens is 1. The maximum Gasteiger partial charge on any atom is 0.344 e. The van der Waals surface area contributed by atoms with Crippen LogP contribution in [0.25, 0.3) is 33.1 Å². The molecule has 0 N–H and O–H groups in total. The molecule has 6 rings (SSSR count). The minimum absolute atomic E-state index is 0.259. The van der Waals surface area contributed by atoms with Crippen LogP contribution in [0.3, 0.4) is 0 Å². The molecule has 5 aromatic rings. The van der Waals surface area contributed by atoms with Crippen LogP contribution in [0.15, 0.2) is 85.3 Å². The van der Waals surface area contributed by atoms with Crippen molar-refractivity contribution in [1.29, 1.82) is 0 Å². The molecule has 0 saturated carbocycles. The molecule has 0 aliphatic carbocycles. The van der Waals surface area contributed by atoms with Crippen LogP contribution in [0.1, 0.15) is 11.3 Å². The standard InChI is InChI=1S/C26H17ClN2O5/c27-16-4-6-22-15(9-16)10-20(26(31)33-22)19-11-24(30)34-25-18(19)5-7-23-21(25)13-29(14-32-23)12-17-3-1-2-8-28-17/h1-11H,12-14H2. The Morgan fingerprint density at radius 1 is 0.971 bits per heavy atom. The summed E-state index contributed by atoms with van der Waals surface area (Å²) < 4.78 is 17.1. The Morgan fingerprint density at radius 3 is 2.74 bits per heavy atom. The monoisotopic (exact) mass is 472 g/mol. The van der Waals surface area contributed by atoms with Crippen LogP contribution >= 0.6 is 11.6 Å². The lowest BCUT2D eigenvalue weighted by atomic mass is 9.99. The van der Waals surface area contributed by atoms with Gasteiger partial charge in [0.05, 0.1) is 16.8 Å². The molecular formula is C26H17ClN2O5. The number of hydrogen-bond acceptors (Lipinski definition) is 7. The van der Waals surface area contributed by atoms with E-state index in [0.717, 1.165) is 11.3 Å². The zero-order valence-corrected chi connectivity index (χ0v) is 18.5. The van der Waals surface area contributed by atoms with E-state index in [4.69, 9.17) is 25.2 Å². The van der Waals surface area contributed by atoms with Crippen LogP contribution in [-0.4, -0.2) is 16.6 Å². The van der Waals surface area contributed by atoms with Crippen molar-refractivity contribution < 1.29 is 13.6 Å². The van der Waals surface area contributed by atoms with Crippen LogP contribution in [-0.2, 0) is 13.1 Å². The number of hydrogen-bond donors (Lipinski definition) is 0. The normalized spacial score (nSPS) is 13.7. The van der Waals surface area contributed by atoms with E-state index in [1.54, 1.807) is 36.5 Å². The van der Waals surface area contributed by atoms with E-state index in [-0.39, 0.29) is 5.56 Å². The molecule has 0 amide bonds. The van der Waals surface area contributed by atoms with Crippen LogP contribution in [0, 0.1) is 0 Å². The van der Waals surface area contributed by atoms with Gasteiger partial charge in [-0.3, -0.25) is 9.88 Å². The Kier molecular flexibility index (Phi) is 4.94. The van der Waals surface area contributed by atoms with Crippen molar-refractivity contribution in [3.05, 3.63) is 104 Å². The maximum atomic E-state index is 12.8. The van der Waals surface area contributed by atoms with Crippen molar-refractivity contribution in [3.63, 3.8) is 0 Å². The summed E-state index contributed by atoms with van der Waals surface area (Å²) in [6.07, 6.45) is 1.75. The Morgan fingerprint density at radius 2 is 1.88 bits per heavy atom. The van der Waals surface area contributed by atoms with Gasteiger partial charge < -0.3 is 13.6 Å². The quantitative estimate of drug-likeness (QED) is 0.343. The number of benzene rings is 2. The molecule has 1 aliphatic heterocycles. The third-order valence-corrected chi connectivity index (χ3v) is 6.09. The lowest BCUT2D eigenvalue weighted by molar-refractivity contribution is 0.0878. The fourth-order valence-electron chi connectivity index (χ4n) is 4.31. The molecule has 0 fully saturated rings. The maximum absolute atomic E-state index is 12.8. The number of nitrogens with zero attached hydrogens (tertiary/aromatic N) is 2. The molecule has 2 aromatic carbocycles. The Bertz CT molecular complexity index is 1680. The van der Waals surface area contributed by atoms with E-state index < -0.39 is 11.3 Å². The van der Waals surface area contributed by atoms with Gasteiger partial charge in [-0.2, -0.15) is 0 Å². The minimum Gasteiger partial charge on any atom is -0.478 e. The van der Waals surface area contributed by atoms with Crippen molar-refractivity contribution in [1.82, 2.24) is 9.88 Å². The molecule has 7 nitrogen and oxygen atoms in total. The van der Waals surface area contributed by atoms with Crippen LogP contribution in [0.5, 0.6) is 5.75 Å². The number of rotatable bonds is 3. The molecule has 0 atom stereocenters. The molecule has 0 spiro atoms. The molecule has 8 heteroatoms. The van der Waals surface area contributed by atoms with Crippen molar-refractivity contribution in [2.45, 2.75) is 13.1 Å². The van der Waals surface area contributed by atoms with Crippen molar-refractivity contribution in [3.8, 4) is 16.9 Å². The molecule has 0 bridgehead atoms. The molecule has 4 heterocycles. The summed E-state index contributed by atoms with van der Waals surface area (Å²) in [5, 5.41) is 1.80. The average Bonchev–Trinajstić information content (AvgIpc) is 2.84. The van der Waals surface area contributed by atoms with Crippen LogP contribution < -0.4 is 16.0 Å². The van der Waals surface area contributed by atoms with Gasteiger partial charge in [-0.1, -0.05) is 17.7 Å². The molecule has 0 radical (unpaired) electrons. The molecule has 34 heavy (non-hydrogen) atoms. The summed E-state index contributed by atoms with van der Waals surface area (Å²) in [4.78, 5) is 31.9. The van der Waals surface area contributed by atoms with Crippen molar-refractivity contribution in [2.75, 3.05) is 6.73 Å². The van der Waals surface area contributed by atoms with E-state index in [1.165, 1.54) is 6.07 Å². The zero-order valence-electron chi connectivity index (χ0n) is 17.8. The topological polar surface area (TPSA) is 85.8 Å². The van der Waals surface area contributed by atoms with Gasteiger partial charge in [-0.05, 0) is 48.5 Å². The van der Waals surface area contributed by atoms with Gasteiger partial charge in [0, 0.05) is 46.7 Å². The lowest BCUT2D eigenvalue weighted by Gasteiger charge is -2.29. The highest BCUT2D eigenvalue weighted by Gasteiger charge is 2.24. The second kappa shape index (κ2) is 8.13. The summed E-state index contributed by atoms with van der Waals surface area (Å²) in [5.74, 6) is 0.641. The summed E-state index contributed by atoms with van der Waals surface area (Å²) in [7, 11) is 0. The second-order valence-corrected chi connectivity index (χ2v) is 8.55. The summed E-state index contributed by atoms with van der Waals surface area (Å²) in [6.45, 7) is 1.46. The SMILES string of the molecule is O=c1cc(-c2cc3cc(Cl)ccc3oc2=O)c2ccc3c(c2o1)CN(Cc1ccccn1)CO3. The Hall–Kier alpha value is -3.94. The van der Waals surface area contributed by atoms with Gasteiger partial charge in [-0.25, -0.2) is 9.59 Å². The molecule has 0 saturated heterocycles. The predicted molar refractivity (Wildman–Crippen MR) is 128 cm³/mol. The van der Waals surface area contributed by atoms with Gasteiger partial charge in [0.25, 0.3) is 0 Å². The van der Waals surface area contributed by atoms with Gasteiger partial charge in [0.15, 0.2) is 0 Å². The fourth-order valence-corrected chi connectivity index (χ4v) is 4.49. The highest BCUT2D eigenvalue weighted by atomic mass is 35.5. The number of fused-ring (bicyclic) bond motifs is 4. The molecule has 168 valence electrons. The van der Waals surface area contributed by atoms with Crippen molar-refractivity contribution in [2.24, 2.45) is 0 Å². The van der Waals surface area contributed by atoms with E-state index >= 15 is 0 Å². The van der Waals surface area contributed by atoms with E-state index in [1.807, 2.05) is 24.3 Å². The third kappa shape index (κ3) is 3.65. The van der Waals surface area contributed by atoms with E-state index in [2.05, 4.69) is 9.88 Å². The highest BCUT2D eigenvalue weighted by molar-refractivity contribution is 6.31. The number of ether oxygens (including phenoxy) is 1. The number of aromatic nitrogens is 1. The lowest BCUT2D eigenvalue weighted by Crippen LogP contribution is -2.32. The zero-order chi connectivity index (χ0) is 23.2. The third-order valence-electron chi connectivity index (χ3n) is 5.85.